The Hall–Kier alpha value is -3.13. The van der Waals surface area contributed by atoms with Gasteiger partial charge in [-0.2, -0.15) is 0 Å². The lowest BCUT2D eigenvalue weighted by Crippen LogP contribution is -2.26. The normalized spacial score (nSPS) is 11.1. The van der Waals surface area contributed by atoms with Crippen molar-refractivity contribution in [2.24, 2.45) is 0 Å². The first-order valence-corrected chi connectivity index (χ1v) is 9.81. The fraction of sp³-hybridized carbons (Fsp3) is 0.158. The van der Waals surface area contributed by atoms with Crippen molar-refractivity contribution in [3.8, 4) is 0 Å². The van der Waals surface area contributed by atoms with E-state index in [0.717, 1.165) is 5.56 Å². The minimum Gasteiger partial charge on any atom is -0.360 e. The second kappa shape index (κ2) is 8.05. The van der Waals surface area contributed by atoms with Gasteiger partial charge < -0.3 is 9.84 Å². The van der Waals surface area contributed by atoms with Crippen molar-refractivity contribution in [1.29, 1.82) is 0 Å². The van der Waals surface area contributed by atoms with Crippen LogP contribution in [0.15, 0.2) is 70.1 Å². The van der Waals surface area contributed by atoms with E-state index in [-0.39, 0.29) is 22.2 Å². The van der Waals surface area contributed by atoms with Gasteiger partial charge in [0.1, 0.15) is 5.76 Å². The first-order chi connectivity index (χ1) is 12.9. The molecule has 0 saturated carbocycles. The maximum atomic E-state index is 12.5. The molecule has 1 aromatic heterocycles. The van der Waals surface area contributed by atoms with Crippen LogP contribution in [0.25, 0.3) is 0 Å². The van der Waals surface area contributed by atoms with E-state index in [2.05, 4.69) is 15.2 Å². The highest BCUT2D eigenvalue weighted by molar-refractivity contribution is 7.92. The van der Waals surface area contributed by atoms with E-state index >= 15 is 0 Å². The minimum atomic E-state index is -3.87. The highest BCUT2D eigenvalue weighted by Gasteiger charge is 2.18. The lowest BCUT2D eigenvalue weighted by Gasteiger charge is -2.08. The zero-order chi connectivity index (χ0) is 19.3. The summed E-state index contributed by atoms with van der Waals surface area (Å²) in [7, 11) is -3.87. The van der Waals surface area contributed by atoms with Crippen molar-refractivity contribution in [2.75, 3.05) is 11.3 Å². The molecular weight excluding hydrogens is 366 g/mol. The number of rotatable bonds is 7. The fourth-order valence-corrected chi connectivity index (χ4v) is 3.51. The van der Waals surface area contributed by atoms with Crippen molar-refractivity contribution in [3.05, 3.63) is 77.6 Å². The van der Waals surface area contributed by atoms with Gasteiger partial charge in [-0.15, -0.1) is 0 Å². The van der Waals surface area contributed by atoms with Gasteiger partial charge in [0.2, 0.25) is 0 Å². The molecule has 0 atom stereocenters. The van der Waals surface area contributed by atoms with Crippen LogP contribution >= 0.6 is 0 Å². The molecular formula is C19H19N3O4S. The number of nitrogens with one attached hydrogen (secondary N) is 2. The van der Waals surface area contributed by atoms with E-state index in [4.69, 9.17) is 4.52 Å². The molecule has 0 aliphatic carbocycles. The molecule has 0 saturated heterocycles. The molecule has 1 amide bonds. The predicted molar refractivity (Wildman–Crippen MR) is 101 cm³/mol. The molecule has 2 N–H and O–H groups in total. The van der Waals surface area contributed by atoms with Crippen molar-refractivity contribution in [3.63, 3.8) is 0 Å². The van der Waals surface area contributed by atoms with Gasteiger partial charge in [-0.05, 0) is 37.1 Å². The van der Waals surface area contributed by atoms with Gasteiger partial charge in [0.15, 0.2) is 5.82 Å². The molecule has 0 bridgehead atoms. The highest BCUT2D eigenvalue weighted by atomic mass is 32.2. The van der Waals surface area contributed by atoms with E-state index in [1.54, 1.807) is 13.0 Å². The SMILES string of the molecule is Cc1cc(NS(=O)(=O)c2cccc(C(=O)NCCc3ccccc3)c2)no1. The lowest BCUT2D eigenvalue weighted by atomic mass is 10.1. The molecule has 0 radical (unpaired) electrons. The van der Waals surface area contributed by atoms with Crippen LogP contribution in [0.1, 0.15) is 21.7 Å². The second-order valence-electron chi connectivity index (χ2n) is 5.95. The number of sulfonamides is 1. The standard InChI is InChI=1S/C19H19N3O4S/c1-14-12-18(21-26-14)22-27(24,25)17-9-5-8-16(13-17)19(23)20-11-10-15-6-3-2-4-7-15/h2-9,12-13H,10-11H2,1H3,(H,20,23)(H,21,22). The summed E-state index contributed by atoms with van der Waals surface area (Å²) in [5, 5.41) is 6.41. The van der Waals surface area contributed by atoms with E-state index < -0.39 is 10.0 Å². The van der Waals surface area contributed by atoms with Crippen LogP contribution < -0.4 is 10.0 Å². The molecule has 3 rings (SSSR count). The highest BCUT2D eigenvalue weighted by Crippen LogP contribution is 2.17. The summed E-state index contributed by atoms with van der Waals surface area (Å²) >= 11 is 0. The number of carbonyl (C=O) groups is 1. The third-order valence-electron chi connectivity index (χ3n) is 3.82. The van der Waals surface area contributed by atoms with Crippen LogP contribution in [0.3, 0.4) is 0 Å². The second-order valence-corrected chi connectivity index (χ2v) is 7.63. The Bertz CT molecular complexity index is 1030. The van der Waals surface area contributed by atoms with Gasteiger partial charge in [0, 0.05) is 18.2 Å². The Labute approximate surface area is 157 Å². The number of amides is 1. The maximum Gasteiger partial charge on any atom is 0.263 e. The minimum absolute atomic E-state index is 0.0288. The van der Waals surface area contributed by atoms with Gasteiger partial charge >= 0.3 is 0 Å². The first-order valence-electron chi connectivity index (χ1n) is 8.32. The largest absolute Gasteiger partial charge is 0.360 e. The summed E-state index contributed by atoms with van der Waals surface area (Å²) in [4.78, 5) is 12.3. The Morgan fingerprint density at radius 2 is 1.85 bits per heavy atom. The van der Waals surface area contributed by atoms with Crippen LogP contribution in [-0.4, -0.2) is 26.0 Å². The molecule has 0 aliphatic rings. The van der Waals surface area contributed by atoms with Crippen LogP contribution in [0, 0.1) is 6.92 Å². The molecule has 2 aromatic carbocycles. The number of aromatic nitrogens is 1. The number of nitrogens with zero attached hydrogens (tertiary/aromatic N) is 1. The topological polar surface area (TPSA) is 101 Å². The van der Waals surface area contributed by atoms with E-state index in [9.17, 15) is 13.2 Å². The molecule has 0 spiro atoms. The summed E-state index contributed by atoms with van der Waals surface area (Å²) in [6.07, 6.45) is 0.692. The zero-order valence-electron chi connectivity index (χ0n) is 14.7. The van der Waals surface area contributed by atoms with Crippen molar-refractivity contribution >= 4 is 21.7 Å². The van der Waals surface area contributed by atoms with Gasteiger partial charge in [-0.3, -0.25) is 9.52 Å². The van der Waals surface area contributed by atoms with E-state index in [1.807, 2.05) is 30.3 Å². The lowest BCUT2D eigenvalue weighted by molar-refractivity contribution is 0.0954. The average Bonchev–Trinajstić information content (AvgIpc) is 3.06. The Kier molecular flexibility index (Phi) is 5.56. The maximum absolute atomic E-state index is 12.5. The number of benzene rings is 2. The number of anilines is 1. The molecule has 27 heavy (non-hydrogen) atoms. The van der Waals surface area contributed by atoms with Crippen LogP contribution in [-0.2, 0) is 16.4 Å². The Morgan fingerprint density at radius 1 is 1.07 bits per heavy atom. The molecule has 140 valence electrons. The van der Waals surface area contributed by atoms with E-state index in [1.165, 1.54) is 24.3 Å². The Morgan fingerprint density at radius 3 is 2.56 bits per heavy atom. The molecule has 0 unspecified atom stereocenters. The Balaban J connectivity index is 1.66. The van der Waals surface area contributed by atoms with E-state index in [0.29, 0.717) is 18.7 Å². The number of aryl methyl sites for hydroxylation is 1. The van der Waals surface area contributed by atoms with Crippen molar-refractivity contribution in [1.82, 2.24) is 10.5 Å². The molecule has 8 heteroatoms. The average molecular weight is 385 g/mol. The molecule has 3 aromatic rings. The fourth-order valence-electron chi connectivity index (χ4n) is 2.48. The van der Waals surface area contributed by atoms with Crippen LogP contribution in [0.5, 0.6) is 0 Å². The molecule has 1 heterocycles. The smallest absolute Gasteiger partial charge is 0.263 e. The van der Waals surface area contributed by atoms with Gasteiger partial charge in [-0.1, -0.05) is 41.6 Å². The molecule has 0 aliphatic heterocycles. The van der Waals surface area contributed by atoms with Gasteiger partial charge in [0.05, 0.1) is 4.90 Å². The van der Waals surface area contributed by atoms with Gasteiger partial charge in [-0.25, -0.2) is 8.42 Å². The van der Waals surface area contributed by atoms with Gasteiger partial charge in [0.25, 0.3) is 15.9 Å². The predicted octanol–water partition coefficient (Wildman–Crippen LogP) is 2.76. The molecule has 0 fully saturated rings. The number of carbonyl (C=O) groups excluding carboxylic acids is 1. The first kappa shape index (κ1) is 18.7. The van der Waals surface area contributed by atoms with Crippen LogP contribution in [0.4, 0.5) is 5.82 Å². The number of hydrogen-bond acceptors (Lipinski definition) is 5. The monoisotopic (exact) mass is 385 g/mol. The van der Waals surface area contributed by atoms with Crippen LogP contribution in [0.2, 0.25) is 0 Å². The molecule has 7 nitrogen and oxygen atoms in total. The summed E-state index contributed by atoms with van der Waals surface area (Å²) in [6, 6.07) is 17.1. The quantitative estimate of drug-likeness (QED) is 0.651. The van der Waals surface area contributed by atoms with Crippen molar-refractivity contribution in [2.45, 2.75) is 18.2 Å². The summed E-state index contributed by atoms with van der Waals surface area (Å²) in [5.41, 5.74) is 1.38. The van der Waals surface area contributed by atoms with Crippen molar-refractivity contribution < 1.29 is 17.7 Å². The number of hydrogen-bond donors (Lipinski definition) is 2. The third-order valence-corrected chi connectivity index (χ3v) is 5.17. The summed E-state index contributed by atoms with van der Waals surface area (Å²) < 4.78 is 32.1. The summed E-state index contributed by atoms with van der Waals surface area (Å²) in [6.45, 7) is 2.11. The summed E-state index contributed by atoms with van der Waals surface area (Å²) in [5.74, 6) is 0.240. The zero-order valence-corrected chi connectivity index (χ0v) is 15.5. The third kappa shape index (κ3) is 4.95.